The van der Waals surface area contributed by atoms with Gasteiger partial charge in [0.1, 0.15) is 6.04 Å². The number of carbonyl (C=O) groups excluding carboxylic acids is 3. The monoisotopic (exact) mass is 297 g/mol. The van der Waals surface area contributed by atoms with Crippen molar-refractivity contribution in [1.82, 2.24) is 10.6 Å². The fraction of sp³-hybridized carbons (Fsp3) is 0.308. The minimum absolute atomic E-state index is 0. The van der Waals surface area contributed by atoms with E-state index in [2.05, 4.69) is 10.6 Å². The lowest BCUT2D eigenvalue weighted by Crippen LogP contribution is -2.52. The third kappa shape index (κ3) is 3.79. The highest BCUT2D eigenvalue weighted by Crippen LogP contribution is 2.08. The molecule has 0 aromatic heterocycles. The Kier molecular flexibility index (Phi) is 5.66. The van der Waals surface area contributed by atoms with E-state index in [1.807, 2.05) is 6.07 Å². The lowest BCUT2D eigenvalue weighted by atomic mass is 10.0. The summed E-state index contributed by atoms with van der Waals surface area (Å²) in [5.74, 6) is -1.11. The second kappa shape index (κ2) is 7.02. The number of benzene rings is 1. The predicted molar refractivity (Wildman–Crippen MR) is 75.2 cm³/mol. The average molecular weight is 298 g/mol. The van der Waals surface area contributed by atoms with Crippen LogP contribution in [0.15, 0.2) is 24.3 Å². The molecular weight excluding hydrogens is 282 g/mol. The van der Waals surface area contributed by atoms with Gasteiger partial charge in [-0.05, 0) is 24.1 Å². The van der Waals surface area contributed by atoms with Crippen LogP contribution >= 0.6 is 12.4 Å². The molecule has 0 spiro atoms. The van der Waals surface area contributed by atoms with E-state index < -0.39 is 11.9 Å². The highest BCUT2D eigenvalue weighted by molar-refractivity contribution is 6.03. The molecule has 1 aromatic carbocycles. The molecule has 108 valence electrons. The van der Waals surface area contributed by atoms with Crippen molar-refractivity contribution in [3.8, 4) is 0 Å². The smallest absolute Gasteiger partial charge is 0.251 e. The molecule has 3 amide bonds. The molecular formula is C13H16ClN3O3. The summed E-state index contributed by atoms with van der Waals surface area (Å²) in [6.07, 6.45) is 0.562. The van der Waals surface area contributed by atoms with Gasteiger partial charge in [-0.25, -0.2) is 0 Å². The summed E-state index contributed by atoms with van der Waals surface area (Å²) < 4.78 is 0. The van der Waals surface area contributed by atoms with Crippen LogP contribution in [0.25, 0.3) is 0 Å². The number of imide groups is 1. The van der Waals surface area contributed by atoms with Crippen LogP contribution in [0.5, 0.6) is 0 Å². The zero-order valence-electron chi connectivity index (χ0n) is 10.7. The lowest BCUT2D eigenvalue weighted by molar-refractivity contribution is -0.134. The molecule has 1 aliphatic heterocycles. The Morgan fingerprint density at radius 2 is 2.15 bits per heavy atom. The molecule has 0 saturated carbocycles. The maximum absolute atomic E-state index is 12.0. The Hall–Kier alpha value is -1.92. The standard InChI is InChI=1S/C13H15N3O3.ClH/c14-7-8-2-1-3-9(6-8)12(18)15-10-4-5-11(17)16-13(10)19;/h1-3,6,10H,4-5,7,14H2,(H,15,18)(H,16,17,19);1H. The number of nitrogens with two attached hydrogens (primary N) is 1. The van der Waals surface area contributed by atoms with Crippen LogP contribution in [-0.4, -0.2) is 23.8 Å². The second-order valence-electron chi connectivity index (χ2n) is 4.38. The summed E-state index contributed by atoms with van der Waals surface area (Å²) in [5.41, 5.74) is 6.80. The van der Waals surface area contributed by atoms with Crippen molar-refractivity contribution in [2.24, 2.45) is 5.73 Å². The Morgan fingerprint density at radius 1 is 1.40 bits per heavy atom. The van der Waals surface area contributed by atoms with E-state index in [0.29, 0.717) is 18.5 Å². The molecule has 1 unspecified atom stereocenters. The Labute approximate surface area is 122 Å². The number of nitrogens with one attached hydrogen (secondary N) is 2. The highest BCUT2D eigenvalue weighted by atomic mass is 35.5. The molecule has 0 bridgehead atoms. The van der Waals surface area contributed by atoms with Gasteiger partial charge < -0.3 is 11.1 Å². The molecule has 1 aliphatic rings. The minimum atomic E-state index is -0.660. The molecule has 4 N–H and O–H groups in total. The van der Waals surface area contributed by atoms with Gasteiger partial charge in [0.05, 0.1) is 0 Å². The zero-order valence-corrected chi connectivity index (χ0v) is 11.5. The first-order valence-corrected chi connectivity index (χ1v) is 6.03. The molecule has 0 aliphatic carbocycles. The third-order valence-electron chi connectivity index (χ3n) is 2.97. The molecule has 6 nitrogen and oxygen atoms in total. The van der Waals surface area contributed by atoms with Crippen LogP contribution in [0.3, 0.4) is 0 Å². The number of hydrogen-bond donors (Lipinski definition) is 3. The van der Waals surface area contributed by atoms with E-state index in [4.69, 9.17) is 5.73 Å². The first-order valence-electron chi connectivity index (χ1n) is 6.03. The summed E-state index contributed by atoms with van der Waals surface area (Å²) >= 11 is 0. The quantitative estimate of drug-likeness (QED) is 0.689. The number of carbonyl (C=O) groups is 3. The lowest BCUT2D eigenvalue weighted by Gasteiger charge is -2.21. The molecule has 1 saturated heterocycles. The van der Waals surface area contributed by atoms with Crippen molar-refractivity contribution in [1.29, 1.82) is 0 Å². The molecule has 20 heavy (non-hydrogen) atoms. The molecule has 1 fully saturated rings. The summed E-state index contributed by atoms with van der Waals surface area (Å²) in [4.78, 5) is 34.5. The molecule has 1 heterocycles. The first-order chi connectivity index (χ1) is 9.10. The van der Waals surface area contributed by atoms with Gasteiger partial charge in [-0.3, -0.25) is 19.7 Å². The van der Waals surface area contributed by atoms with E-state index in [1.165, 1.54) is 0 Å². The Balaban J connectivity index is 0.00000200. The topological polar surface area (TPSA) is 101 Å². The first kappa shape index (κ1) is 16.1. The molecule has 1 atom stereocenters. The largest absolute Gasteiger partial charge is 0.340 e. The van der Waals surface area contributed by atoms with E-state index in [0.717, 1.165) is 5.56 Å². The fourth-order valence-electron chi connectivity index (χ4n) is 1.91. The van der Waals surface area contributed by atoms with Gasteiger partial charge in [0.15, 0.2) is 0 Å². The van der Waals surface area contributed by atoms with E-state index in [-0.39, 0.29) is 30.6 Å². The maximum Gasteiger partial charge on any atom is 0.251 e. The number of piperidine rings is 1. The van der Waals surface area contributed by atoms with Crippen LogP contribution in [-0.2, 0) is 16.1 Å². The molecule has 1 aromatic rings. The Bertz CT molecular complexity index is 533. The fourth-order valence-corrected chi connectivity index (χ4v) is 1.91. The van der Waals surface area contributed by atoms with Crippen molar-refractivity contribution < 1.29 is 14.4 Å². The summed E-state index contributed by atoms with van der Waals surface area (Å²) in [6, 6.07) is 6.23. The normalized spacial score (nSPS) is 17.9. The average Bonchev–Trinajstić information content (AvgIpc) is 2.42. The van der Waals surface area contributed by atoms with Gasteiger partial charge in [0.25, 0.3) is 5.91 Å². The van der Waals surface area contributed by atoms with Crippen molar-refractivity contribution >= 4 is 30.1 Å². The van der Waals surface area contributed by atoms with E-state index in [1.54, 1.807) is 18.2 Å². The van der Waals surface area contributed by atoms with Crippen LogP contribution in [0.4, 0.5) is 0 Å². The van der Waals surface area contributed by atoms with Crippen LogP contribution in [0.1, 0.15) is 28.8 Å². The second-order valence-corrected chi connectivity index (χ2v) is 4.38. The van der Waals surface area contributed by atoms with Crippen molar-refractivity contribution in [3.63, 3.8) is 0 Å². The van der Waals surface area contributed by atoms with Crippen molar-refractivity contribution in [3.05, 3.63) is 35.4 Å². The third-order valence-corrected chi connectivity index (χ3v) is 2.97. The van der Waals surface area contributed by atoms with Gasteiger partial charge >= 0.3 is 0 Å². The van der Waals surface area contributed by atoms with Crippen LogP contribution in [0, 0.1) is 0 Å². The predicted octanol–water partition coefficient (Wildman–Crippen LogP) is 0.102. The van der Waals surface area contributed by atoms with Gasteiger partial charge in [0.2, 0.25) is 11.8 Å². The van der Waals surface area contributed by atoms with Crippen molar-refractivity contribution in [2.75, 3.05) is 0 Å². The van der Waals surface area contributed by atoms with Crippen molar-refractivity contribution in [2.45, 2.75) is 25.4 Å². The van der Waals surface area contributed by atoms with Gasteiger partial charge in [-0.15, -0.1) is 12.4 Å². The number of halogens is 1. The summed E-state index contributed by atoms with van der Waals surface area (Å²) in [7, 11) is 0. The summed E-state index contributed by atoms with van der Waals surface area (Å²) in [5, 5.41) is 4.81. The highest BCUT2D eigenvalue weighted by Gasteiger charge is 2.27. The molecule has 0 radical (unpaired) electrons. The minimum Gasteiger partial charge on any atom is -0.340 e. The summed E-state index contributed by atoms with van der Waals surface area (Å²) in [6.45, 7) is 0.347. The SMILES string of the molecule is Cl.NCc1cccc(C(=O)NC2CCC(=O)NC2=O)c1. The van der Waals surface area contributed by atoms with E-state index >= 15 is 0 Å². The zero-order chi connectivity index (χ0) is 13.8. The van der Waals surface area contributed by atoms with Crippen LogP contribution in [0.2, 0.25) is 0 Å². The van der Waals surface area contributed by atoms with E-state index in [9.17, 15) is 14.4 Å². The van der Waals surface area contributed by atoms with Gasteiger partial charge in [0, 0.05) is 18.5 Å². The number of hydrogen-bond acceptors (Lipinski definition) is 4. The van der Waals surface area contributed by atoms with Gasteiger partial charge in [-0.2, -0.15) is 0 Å². The molecule has 7 heteroatoms. The van der Waals surface area contributed by atoms with Gasteiger partial charge in [-0.1, -0.05) is 12.1 Å². The number of rotatable bonds is 3. The van der Waals surface area contributed by atoms with Crippen LogP contribution < -0.4 is 16.4 Å². The Morgan fingerprint density at radius 3 is 2.80 bits per heavy atom. The maximum atomic E-state index is 12.0. The molecule has 2 rings (SSSR count). The number of amides is 3.